The van der Waals surface area contributed by atoms with Crippen LogP contribution in [0.4, 0.5) is 0 Å². The van der Waals surface area contributed by atoms with E-state index in [9.17, 15) is 14.4 Å². The van der Waals surface area contributed by atoms with Crippen molar-refractivity contribution < 1.29 is 14.3 Å². The standard InChI is InChI=1S/C27H32N4O4/c1-18(28)30-13-3-5-19(17-30)15-23(27(34)35-2)24-6-4-14-31(24)26(33)21-9-7-20(8-10-21)22-11-12-25(32)29-16-22/h5,7-12,16,23-24,28H,3-4,6,13-15,17H2,1-2H3,(H,29,32). The zero-order valence-corrected chi connectivity index (χ0v) is 20.3. The van der Waals surface area contributed by atoms with Crippen LogP contribution in [0.15, 0.2) is 59.0 Å². The lowest BCUT2D eigenvalue weighted by Gasteiger charge is -2.33. The monoisotopic (exact) mass is 476 g/mol. The fourth-order valence-electron chi connectivity index (χ4n) is 5.08. The number of amides is 1. The van der Waals surface area contributed by atoms with Crippen LogP contribution in [0.1, 0.15) is 43.0 Å². The number of rotatable bonds is 6. The van der Waals surface area contributed by atoms with Gasteiger partial charge in [0.15, 0.2) is 0 Å². The Morgan fingerprint density at radius 2 is 1.89 bits per heavy atom. The number of carbonyl (C=O) groups excluding carboxylic acids is 2. The third-order valence-electron chi connectivity index (χ3n) is 6.96. The molecule has 0 saturated carbocycles. The van der Waals surface area contributed by atoms with Crippen LogP contribution in [-0.4, -0.2) is 65.3 Å². The number of hydrogen-bond acceptors (Lipinski definition) is 5. The van der Waals surface area contributed by atoms with Gasteiger partial charge in [0.1, 0.15) is 0 Å². The average molecular weight is 477 g/mol. The van der Waals surface area contributed by atoms with Crippen molar-refractivity contribution in [1.82, 2.24) is 14.8 Å². The van der Waals surface area contributed by atoms with E-state index in [0.717, 1.165) is 42.5 Å². The Hall–Kier alpha value is -3.68. The van der Waals surface area contributed by atoms with Gasteiger partial charge < -0.3 is 19.5 Å². The molecule has 2 N–H and O–H groups in total. The molecule has 184 valence electrons. The molecule has 2 atom stereocenters. The number of nitrogens with zero attached hydrogens (tertiary/aromatic N) is 2. The van der Waals surface area contributed by atoms with E-state index in [1.165, 1.54) is 13.2 Å². The van der Waals surface area contributed by atoms with Gasteiger partial charge in [0.05, 0.1) is 18.9 Å². The lowest BCUT2D eigenvalue weighted by atomic mass is 9.88. The highest BCUT2D eigenvalue weighted by Crippen LogP contribution is 2.32. The smallest absolute Gasteiger partial charge is 0.311 e. The number of benzene rings is 1. The Labute approximate surface area is 205 Å². The lowest BCUT2D eigenvalue weighted by molar-refractivity contribution is -0.147. The molecule has 1 amide bonds. The van der Waals surface area contributed by atoms with Crippen molar-refractivity contribution in [3.8, 4) is 11.1 Å². The van der Waals surface area contributed by atoms with Gasteiger partial charge in [0.2, 0.25) is 5.56 Å². The number of H-pyrrole nitrogens is 1. The predicted molar refractivity (Wildman–Crippen MR) is 134 cm³/mol. The third kappa shape index (κ3) is 5.53. The molecular weight excluding hydrogens is 444 g/mol. The second kappa shape index (κ2) is 10.7. The van der Waals surface area contributed by atoms with Crippen molar-refractivity contribution in [3.63, 3.8) is 0 Å². The van der Waals surface area contributed by atoms with Crippen LogP contribution in [0.5, 0.6) is 0 Å². The van der Waals surface area contributed by atoms with E-state index in [0.29, 0.717) is 30.9 Å². The topological polar surface area (TPSA) is 107 Å². The summed E-state index contributed by atoms with van der Waals surface area (Å²) in [6, 6.07) is 10.3. The van der Waals surface area contributed by atoms with Crippen LogP contribution in [0.25, 0.3) is 11.1 Å². The SMILES string of the molecule is COC(=O)C(CC1=CCCN(C(C)=N)C1)C1CCCN1C(=O)c1ccc(-c2ccc(=O)[nH]c2)cc1. The van der Waals surface area contributed by atoms with E-state index in [1.807, 2.05) is 21.9 Å². The normalized spacial score (nSPS) is 18.7. The molecule has 1 saturated heterocycles. The van der Waals surface area contributed by atoms with Gasteiger partial charge in [-0.15, -0.1) is 0 Å². The minimum atomic E-state index is -0.441. The molecule has 0 spiro atoms. The predicted octanol–water partition coefficient (Wildman–Crippen LogP) is 3.46. The highest BCUT2D eigenvalue weighted by atomic mass is 16.5. The van der Waals surface area contributed by atoms with Crippen molar-refractivity contribution in [2.75, 3.05) is 26.7 Å². The Kier molecular flexibility index (Phi) is 7.48. The summed E-state index contributed by atoms with van der Waals surface area (Å²) in [6.45, 7) is 3.82. The van der Waals surface area contributed by atoms with Gasteiger partial charge >= 0.3 is 5.97 Å². The van der Waals surface area contributed by atoms with E-state index >= 15 is 0 Å². The van der Waals surface area contributed by atoms with E-state index in [2.05, 4.69) is 11.1 Å². The number of aromatic amines is 1. The minimum absolute atomic E-state index is 0.0935. The zero-order valence-electron chi connectivity index (χ0n) is 20.3. The maximum Gasteiger partial charge on any atom is 0.311 e. The number of hydrogen-bond donors (Lipinski definition) is 2. The van der Waals surface area contributed by atoms with E-state index in [-0.39, 0.29) is 23.5 Å². The van der Waals surface area contributed by atoms with Crippen LogP contribution in [0.2, 0.25) is 0 Å². The van der Waals surface area contributed by atoms with Gasteiger partial charge in [0.25, 0.3) is 5.91 Å². The highest BCUT2D eigenvalue weighted by Gasteiger charge is 2.40. The van der Waals surface area contributed by atoms with E-state index in [4.69, 9.17) is 10.1 Å². The van der Waals surface area contributed by atoms with Gasteiger partial charge in [-0.1, -0.05) is 23.8 Å². The number of ether oxygens (including phenoxy) is 1. The fraction of sp³-hybridized carbons (Fsp3) is 0.407. The van der Waals surface area contributed by atoms with Gasteiger partial charge in [-0.2, -0.15) is 0 Å². The second-order valence-corrected chi connectivity index (χ2v) is 9.22. The van der Waals surface area contributed by atoms with Crippen molar-refractivity contribution in [2.45, 2.75) is 38.6 Å². The summed E-state index contributed by atoms with van der Waals surface area (Å²) in [7, 11) is 1.40. The first-order valence-electron chi connectivity index (χ1n) is 12.0. The van der Waals surface area contributed by atoms with E-state index < -0.39 is 5.92 Å². The van der Waals surface area contributed by atoms with Crippen LogP contribution >= 0.6 is 0 Å². The van der Waals surface area contributed by atoms with Crippen molar-refractivity contribution in [1.29, 1.82) is 5.41 Å². The number of methoxy groups -OCH3 is 1. The number of aromatic nitrogens is 1. The first-order chi connectivity index (χ1) is 16.9. The molecule has 3 heterocycles. The summed E-state index contributed by atoms with van der Waals surface area (Å²) < 4.78 is 5.16. The molecule has 2 aliphatic rings. The van der Waals surface area contributed by atoms with Gasteiger partial charge in [-0.3, -0.25) is 19.8 Å². The second-order valence-electron chi connectivity index (χ2n) is 9.22. The van der Waals surface area contributed by atoms with Gasteiger partial charge in [-0.25, -0.2) is 0 Å². The summed E-state index contributed by atoms with van der Waals surface area (Å²) in [6.07, 6.45) is 6.76. The number of amidine groups is 1. The largest absolute Gasteiger partial charge is 0.469 e. The summed E-state index contributed by atoms with van der Waals surface area (Å²) in [5, 5.41) is 7.95. The molecule has 35 heavy (non-hydrogen) atoms. The van der Waals surface area contributed by atoms with Gasteiger partial charge in [-0.05, 0) is 61.9 Å². The van der Waals surface area contributed by atoms with Crippen LogP contribution < -0.4 is 5.56 Å². The van der Waals surface area contributed by atoms with Crippen molar-refractivity contribution in [3.05, 3.63) is 70.2 Å². The minimum Gasteiger partial charge on any atom is -0.469 e. The Bertz CT molecular complexity index is 1160. The highest BCUT2D eigenvalue weighted by molar-refractivity contribution is 5.95. The molecule has 8 heteroatoms. The summed E-state index contributed by atoms with van der Waals surface area (Å²) >= 11 is 0. The molecule has 8 nitrogen and oxygen atoms in total. The number of esters is 1. The Balaban J connectivity index is 1.51. The average Bonchev–Trinajstić information content (AvgIpc) is 3.36. The van der Waals surface area contributed by atoms with Crippen molar-refractivity contribution in [2.24, 2.45) is 5.92 Å². The molecule has 1 aromatic heterocycles. The number of likely N-dealkylation sites (tertiary alicyclic amines) is 1. The molecule has 1 aromatic carbocycles. The van der Waals surface area contributed by atoms with Crippen LogP contribution in [0.3, 0.4) is 0 Å². The summed E-state index contributed by atoms with van der Waals surface area (Å²) in [5.74, 6) is -0.311. The number of pyridine rings is 1. The Morgan fingerprint density at radius 1 is 1.14 bits per heavy atom. The van der Waals surface area contributed by atoms with Crippen LogP contribution in [0, 0.1) is 11.3 Å². The first-order valence-corrected chi connectivity index (χ1v) is 12.0. The molecule has 1 fully saturated rings. The maximum atomic E-state index is 13.5. The number of carbonyl (C=O) groups is 2. The molecule has 2 aromatic rings. The van der Waals surface area contributed by atoms with Gasteiger partial charge in [0, 0.05) is 43.5 Å². The number of nitrogens with one attached hydrogen (secondary N) is 2. The fourth-order valence-corrected chi connectivity index (χ4v) is 5.08. The quantitative estimate of drug-likeness (QED) is 0.287. The Morgan fingerprint density at radius 3 is 2.54 bits per heavy atom. The van der Waals surface area contributed by atoms with Crippen molar-refractivity contribution >= 4 is 17.7 Å². The molecule has 2 unspecified atom stereocenters. The van der Waals surface area contributed by atoms with Crippen LogP contribution in [-0.2, 0) is 9.53 Å². The van der Waals surface area contributed by atoms with E-state index in [1.54, 1.807) is 31.3 Å². The zero-order chi connectivity index (χ0) is 24.9. The summed E-state index contributed by atoms with van der Waals surface area (Å²) in [4.78, 5) is 44.1. The molecule has 4 rings (SSSR count). The molecule has 0 radical (unpaired) electrons. The molecular formula is C27H32N4O4. The first kappa shape index (κ1) is 24.4. The lowest BCUT2D eigenvalue weighted by Crippen LogP contribution is -2.44. The maximum absolute atomic E-state index is 13.5. The molecule has 2 aliphatic heterocycles. The molecule has 0 bridgehead atoms. The summed E-state index contributed by atoms with van der Waals surface area (Å²) in [5.41, 5.74) is 3.28. The third-order valence-corrected chi connectivity index (χ3v) is 6.96. The molecule has 0 aliphatic carbocycles.